The highest BCUT2D eigenvalue weighted by molar-refractivity contribution is 6.34. The van der Waals surface area contributed by atoms with E-state index >= 15 is 0 Å². The minimum atomic E-state index is -1.18. The number of amides is 1. The summed E-state index contributed by atoms with van der Waals surface area (Å²) < 4.78 is 4.77. The Hall–Kier alpha value is -2.34. The molecule has 2 aromatic rings. The average Bonchev–Trinajstić information content (AvgIpc) is 2.77. The highest BCUT2D eigenvalue weighted by Gasteiger charge is 2.18. The van der Waals surface area contributed by atoms with Gasteiger partial charge in [0, 0.05) is 0 Å². The number of benzene rings is 1. The van der Waals surface area contributed by atoms with E-state index in [-0.39, 0.29) is 21.8 Å². The molecule has 0 saturated heterocycles. The number of nitrogens with zero attached hydrogens (tertiary/aromatic N) is 1. The molecule has 2 N–H and O–H groups in total. The Bertz CT molecular complexity index is 651. The van der Waals surface area contributed by atoms with E-state index in [4.69, 9.17) is 21.2 Å². The third kappa shape index (κ3) is 2.58. The molecule has 7 heteroatoms. The SMILES string of the molecule is Cc1oncc1C(=O)Nc1c(Cl)cccc1C(=O)O. The number of carbonyl (C=O) groups excluding carboxylic acids is 1. The predicted molar refractivity (Wildman–Crippen MR) is 67.6 cm³/mol. The van der Waals surface area contributed by atoms with Gasteiger partial charge in [-0.25, -0.2) is 4.79 Å². The molecule has 19 heavy (non-hydrogen) atoms. The zero-order valence-corrected chi connectivity index (χ0v) is 10.6. The van der Waals surface area contributed by atoms with Crippen molar-refractivity contribution in [3.8, 4) is 0 Å². The summed E-state index contributed by atoms with van der Waals surface area (Å²) in [7, 11) is 0. The Labute approximate surface area is 113 Å². The molecular weight excluding hydrogens is 272 g/mol. The van der Waals surface area contributed by atoms with Gasteiger partial charge >= 0.3 is 5.97 Å². The Morgan fingerprint density at radius 3 is 2.68 bits per heavy atom. The molecule has 1 amide bonds. The predicted octanol–water partition coefficient (Wildman–Crippen LogP) is 2.59. The minimum Gasteiger partial charge on any atom is -0.478 e. The van der Waals surface area contributed by atoms with Crippen LogP contribution in [-0.2, 0) is 0 Å². The average molecular weight is 281 g/mol. The molecule has 0 spiro atoms. The topological polar surface area (TPSA) is 92.4 Å². The second-order valence-electron chi connectivity index (χ2n) is 3.72. The first kappa shape index (κ1) is 13.1. The number of carboxylic acid groups (broad SMARTS) is 1. The van der Waals surface area contributed by atoms with Gasteiger partial charge in [-0.3, -0.25) is 4.79 Å². The van der Waals surface area contributed by atoms with Gasteiger partial charge in [-0.15, -0.1) is 0 Å². The Kier molecular flexibility index (Phi) is 3.52. The van der Waals surface area contributed by atoms with Crippen LogP contribution in [0, 0.1) is 6.92 Å². The molecule has 0 unspecified atom stereocenters. The molecule has 2 rings (SSSR count). The number of carboxylic acids is 1. The van der Waals surface area contributed by atoms with Crippen LogP contribution in [0.5, 0.6) is 0 Å². The number of carbonyl (C=O) groups is 2. The maximum atomic E-state index is 12.0. The van der Waals surface area contributed by atoms with Gasteiger partial charge in [0.15, 0.2) is 0 Å². The summed E-state index contributed by atoms with van der Waals surface area (Å²) in [5.74, 6) is -1.38. The van der Waals surface area contributed by atoms with Crippen LogP contribution in [0.15, 0.2) is 28.9 Å². The van der Waals surface area contributed by atoms with Crippen molar-refractivity contribution >= 4 is 29.2 Å². The first-order valence-electron chi connectivity index (χ1n) is 5.25. The molecule has 0 aliphatic heterocycles. The van der Waals surface area contributed by atoms with Gasteiger partial charge in [0.05, 0.1) is 22.5 Å². The number of para-hydroxylation sites is 1. The summed E-state index contributed by atoms with van der Waals surface area (Å²) in [4.78, 5) is 23.0. The lowest BCUT2D eigenvalue weighted by atomic mass is 10.1. The molecular formula is C12H9ClN2O4. The van der Waals surface area contributed by atoms with E-state index in [2.05, 4.69) is 10.5 Å². The van der Waals surface area contributed by atoms with Gasteiger partial charge in [-0.1, -0.05) is 22.8 Å². The van der Waals surface area contributed by atoms with Gasteiger partial charge < -0.3 is 14.9 Å². The lowest BCUT2D eigenvalue weighted by Crippen LogP contribution is -2.15. The number of rotatable bonds is 3. The number of aryl methyl sites for hydroxylation is 1. The zero-order valence-electron chi connectivity index (χ0n) is 9.81. The third-order valence-electron chi connectivity index (χ3n) is 2.48. The van der Waals surface area contributed by atoms with Crippen LogP contribution in [0.4, 0.5) is 5.69 Å². The summed E-state index contributed by atoms with van der Waals surface area (Å²) >= 11 is 5.90. The van der Waals surface area contributed by atoms with E-state index in [1.165, 1.54) is 24.4 Å². The standard InChI is InChI=1S/C12H9ClN2O4/c1-6-8(5-14-19-6)11(16)15-10-7(12(17)18)3-2-4-9(10)13/h2-5H,1H3,(H,15,16)(H,17,18). The Morgan fingerprint density at radius 2 is 2.11 bits per heavy atom. The maximum absolute atomic E-state index is 12.0. The second kappa shape index (κ2) is 5.11. The zero-order chi connectivity index (χ0) is 14.0. The monoisotopic (exact) mass is 280 g/mol. The smallest absolute Gasteiger partial charge is 0.337 e. The Balaban J connectivity index is 2.36. The maximum Gasteiger partial charge on any atom is 0.337 e. The quantitative estimate of drug-likeness (QED) is 0.901. The van der Waals surface area contributed by atoms with Crippen LogP contribution in [0.1, 0.15) is 26.5 Å². The molecule has 0 radical (unpaired) electrons. The van der Waals surface area contributed by atoms with Gasteiger partial charge in [0.1, 0.15) is 11.3 Å². The van der Waals surface area contributed by atoms with Crippen molar-refractivity contribution in [1.29, 1.82) is 0 Å². The summed E-state index contributed by atoms with van der Waals surface area (Å²) in [5, 5.41) is 15.1. The van der Waals surface area contributed by atoms with Gasteiger partial charge in [0.2, 0.25) is 0 Å². The van der Waals surface area contributed by atoms with E-state index in [1.54, 1.807) is 6.92 Å². The lowest BCUT2D eigenvalue weighted by Gasteiger charge is -2.09. The van der Waals surface area contributed by atoms with Gasteiger partial charge in [-0.05, 0) is 19.1 Å². The van der Waals surface area contributed by atoms with Crippen LogP contribution in [0.25, 0.3) is 0 Å². The number of nitrogens with one attached hydrogen (secondary N) is 1. The van der Waals surface area contributed by atoms with Crippen molar-refractivity contribution in [2.75, 3.05) is 5.32 Å². The summed E-state index contributed by atoms with van der Waals surface area (Å²) in [5.41, 5.74) is 0.175. The fourth-order valence-electron chi connectivity index (χ4n) is 1.53. The number of aromatic carboxylic acids is 1. The number of anilines is 1. The van der Waals surface area contributed by atoms with Crippen molar-refractivity contribution in [2.24, 2.45) is 0 Å². The van der Waals surface area contributed by atoms with Crippen molar-refractivity contribution in [3.63, 3.8) is 0 Å². The second-order valence-corrected chi connectivity index (χ2v) is 4.12. The molecule has 0 bridgehead atoms. The molecule has 0 fully saturated rings. The van der Waals surface area contributed by atoms with E-state index in [0.717, 1.165) is 0 Å². The van der Waals surface area contributed by atoms with E-state index in [0.29, 0.717) is 5.76 Å². The van der Waals surface area contributed by atoms with Gasteiger partial charge in [-0.2, -0.15) is 0 Å². The molecule has 98 valence electrons. The first-order valence-corrected chi connectivity index (χ1v) is 5.63. The van der Waals surface area contributed by atoms with Crippen molar-refractivity contribution < 1.29 is 19.2 Å². The number of hydrogen-bond acceptors (Lipinski definition) is 4. The van der Waals surface area contributed by atoms with Crippen LogP contribution in [0.3, 0.4) is 0 Å². The van der Waals surface area contributed by atoms with E-state index < -0.39 is 11.9 Å². The number of hydrogen-bond donors (Lipinski definition) is 2. The molecule has 0 atom stereocenters. The molecule has 1 heterocycles. The van der Waals surface area contributed by atoms with Crippen LogP contribution >= 0.6 is 11.6 Å². The number of halogens is 1. The van der Waals surface area contributed by atoms with E-state index in [9.17, 15) is 9.59 Å². The van der Waals surface area contributed by atoms with Crippen molar-refractivity contribution in [3.05, 3.63) is 46.3 Å². The molecule has 0 aliphatic carbocycles. The largest absolute Gasteiger partial charge is 0.478 e. The first-order chi connectivity index (χ1) is 9.00. The summed E-state index contributed by atoms with van der Waals surface area (Å²) in [6.07, 6.45) is 1.25. The van der Waals surface area contributed by atoms with Crippen molar-refractivity contribution in [2.45, 2.75) is 6.92 Å². The lowest BCUT2D eigenvalue weighted by molar-refractivity contribution is 0.0698. The Morgan fingerprint density at radius 1 is 1.37 bits per heavy atom. The van der Waals surface area contributed by atoms with Crippen molar-refractivity contribution in [1.82, 2.24) is 5.16 Å². The molecule has 0 saturated carbocycles. The van der Waals surface area contributed by atoms with Crippen LogP contribution < -0.4 is 5.32 Å². The molecule has 1 aromatic heterocycles. The molecule has 0 aliphatic rings. The molecule has 6 nitrogen and oxygen atoms in total. The van der Waals surface area contributed by atoms with Crippen LogP contribution in [0.2, 0.25) is 5.02 Å². The van der Waals surface area contributed by atoms with Gasteiger partial charge in [0.25, 0.3) is 5.91 Å². The molecule has 1 aromatic carbocycles. The van der Waals surface area contributed by atoms with Crippen LogP contribution in [-0.4, -0.2) is 22.1 Å². The summed E-state index contributed by atoms with van der Waals surface area (Å²) in [6, 6.07) is 4.33. The summed E-state index contributed by atoms with van der Waals surface area (Å²) in [6.45, 7) is 1.58. The highest BCUT2D eigenvalue weighted by Crippen LogP contribution is 2.26. The fourth-order valence-corrected chi connectivity index (χ4v) is 1.75. The minimum absolute atomic E-state index is 0.0438. The van der Waals surface area contributed by atoms with E-state index in [1.807, 2.05) is 0 Å². The highest BCUT2D eigenvalue weighted by atomic mass is 35.5. The normalized spacial score (nSPS) is 10.2. The third-order valence-corrected chi connectivity index (χ3v) is 2.79. The number of aromatic nitrogens is 1. The fraction of sp³-hybridized carbons (Fsp3) is 0.0833.